The fourth-order valence-corrected chi connectivity index (χ4v) is 2.91. The number of benzene rings is 2. The second kappa shape index (κ2) is 4.41. The van der Waals surface area contributed by atoms with E-state index >= 15 is 0 Å². The fourth-order valence-electron chi connectivity index (χ4n) is 2.56. The summed E-state index contributed by atoms with van der Waals surface area (Å²) in [6.07, 6.45) is 0. The third-order valence-corrected chi connectivity index (χ3v) is 3.88. The number of fused-ring (bicyclic) bond motifs is 3. The van der Waals surface area contributed by atoms with Gasteiger partial charge in [0.25, 0.3) is 0 Å². The second-order valence-corrected chi connectivity index (χ2v) is 5.33. The molecule has 3 rings (SSSR count). The first-order valence-electron chi connectivity index (χ1n) is 6.06. The number of hydrogen-bond donors (Lipinski definition) is 1. The van der Waals surface area contributed by atoms with Crippen molar-refractivity contribution in [3.05, 3.63) is 46.4 Å². The van der Waals surface area contributed by atoms with Crippen LogP contribution >= 0.6 is 15.9 Å². The second-order valence-electron chi connectivity index (χ2n) is 4.42. The van der Waals surface area contributed by atoms with Gasteiger partial charge in [0.2, 0.25) is 0 Å². The lowest BCUT2D eigenvalue weighted by molar-refractivity contribution is 0.282. The summed E-state index contributed by atoms with van der Waals surface area (Å²) in [5.41, 5.74) is 3.42. The summed E-state index contributed by atoms with van der Waals surface area (Å²) in [4.78, 5) is 0. The number of hydrogen-bond acceptors (Lipinski definition) is 1. The summed E-state index contributed by atoms with van der Waals surface area (Å²) in [5.74, 6) is 0. The van der Waals surface area contributed by atoms with Gasteiger partial charge in [0, 0.05) is 27.3 Å². The van der Waals surface area contributed by atoms with Crippen LogP contribution in [-0.2, 0) is 13.2 Å². The Hall–Kier alpha value is -1.32. The first kappa shape index (κ1) is 11.8. The molecule has 0 amide bonds. The van der Waals surface area contributed by atoms with E-state index in [1.807, 2.05) is 6.07 Å². The molecule has 0 saturated heterocycles. The maximum Gasteiger partial charge on any atom is 0.0682 e. The number of rotatable bonds is 2. The van der Waals surface area contributed by atoms with Crippen LogP contribution in [0.2, 0.25) is 0 Å². The van der Waals surface area contributed by atoms with E-state index in [4.69, 9.17) is 0 Å². The van der Waals surface area contributed by atoms with Crippen LogP contribution < -0.4 is 0 Å². The van der Waals surface area contributed by atoms with E-state index in [9.17, 15) is 5.11 Å². The summed E-state index contributed by atoms with van der Waals surface area (Å²) in [6.45, 7) is 3.18. The van der Waals surface area contributed by atoms with Crippen LogP contribution in [0.5, 0.6) is 0 Å². The van der Waals surface area contributed by atoms with E-state index in [-0.39, 0.29) is 6.61 Å². The van der Waals surface area contributed by atoms with Gasteiger partial charge < -0.3 is 9.67 Å². The molecule has 18 heavy (non-hydrogen) atoms. The molecule has 1 heterocycles. The maximum absolute atomic E-state index is 9.26. The molecule has 3 aromatic rings. The monoisotopic (exact) mass is 303 g/mol. The molecule has 0 radical (unpaired) electrons. The molecule has 0 spiro atoms. The molecule has 0 atom stereocenters. The van der Waals surface area contributed by atoms with Gasteiger partial charge in [0.15, 0.2) is 0 Å². The highest BCUT2D eigenvalue weighted by atomic mass is 79.9. The molecule has 0 saturated carbocycles. The smallest absolute Gasteiger partial charge is 0.0682 e. The molecule has 1 aromatic heterocycles. The van der Waals surface area contributed by atoms with Crippen molar-refractivity contribution in [2.24, 2.45) is 0 Å². The van der Waals surface area contributed by atoms with Crippen LogP contribution in [0, 0.1) is 0 Å². The summed E-state index contributed by atoms with van der Waals surface area (Å²) in [7, 11) is 0. The predicted octanol–water partition coefficient (Wildman–Crippen LogP) is 4.07. The highest BCUT2D eigenvalue weighted by Crippen LogP contribution is 2.31. The lowest BCUT2D eigenvalue weighted by Gasteiger charge is -2.03. The fraction of sp³-hybridized carbons (Fsp3) is 0.200. The van der Waals surface area contributed by atoms with Crippen LogP contribution in [0.3, 0.4) is 0 Å². The Balaban J connectivity index is 2.48. The highest BCUT2D eigenvalue weighted by Gasteiger charge is 2.10. The van der Waals surface area contributed by atoms with Gasteiger partial charge in [-0.25, -0.2) is 0 Å². The third-order valence-electron chi connectivity index (χ3n) is 3.39. The van der Waals surface area contributed by atoms with Crippen molar-refractivity contribution in [3.8, 4) is 0 Å². The Kier molecular flexibility index (Phi) is 2.88. The van der Waals surface area contributed by atoms with E-state index < -0.39 is 0 Å². The van der Waals surface area contributed by atoms with E-state index in [0.717, 1.165) is 16.6 Å². The van der Waals surface area contributed by atoms with Crippen LogP contribution in [0.1, 0.15) is 12.5 Å². The van der Waals surface area contributed by atoms with Crippen LogP contribution in [0.25, 0.3) is 21.8 Å². The van der Waals surface area contributed by atoms with Gasteiger partial charge in [0.1, 0.15) is 0 Å². The maximum atomic E-state index is 9.26. The number of aliphatic hydroxyl groups is 1. The Labute approximate surface area is 114 Å². The van der Waals surface area contributed by atoms with Crippen LogP contribution in [0.15, 0.2) is 40.9 Å². The zero-order valence-electron chi connectivity index (χ0n) is 10.2. The zero-order chi connectivity index (χ0) is 12.7. The van der Waals surface area contributed by atoms with E-state index in [1.165, 1.54) is 21.8 Å². The highest BCUT2D eigenvalue weighted by molar-refractivity contribution is 9.10. The van der Waals surface area contributed by atoms with E-state index in [0.29, 0.717) is 0 Å². The minimum atomic E-state index is 0.0886. The average Bonchev–Trinajstić information content (AvgIpc) is 2.70. The van der Waals surface area contributed by atoms with Gasteiger partial charge in [0.05, 0.1) is 12.1 Å². The van der Waals surface area contributed by atoms with Gasteiger partial charge in [-0.05, 0) is 36.8 Å². The Morgan fingerprint density at radius 1 is 1.06 bits per heavy atom. The molecule has 0 aliphatic rings. The molecule has 2 nitrogen and oxygen atoms in total. The number of halogens is 1. The summed E-state index contributed by atoms with van der Waals surface area (Å²) in [6, 6.07) is 12.5. The summed E-state index contributed by atoms with van der Waals surface area (Å²) in [5, 5.41) is 11.7. The molecule has 2 aromatic carbocycles. The topological polar surface area (TPSA) is 25.2 Å². The van der Waals surface area contributed by atoms with E-state index in [2.05, 4.69) is 57.8 Å². The Morgan fingerprint density at radius 2 is 1.89 bits per heavy atom. The minimum Gasteiger partial charge on any atom is -0.392 e. The lowest BCUT2D eigenvalue weighted by Crippen LogP contribution is -1.93. The molecular weight excluding hydrogens is 290 g/mol. The van der Waals surface area contributed by atoms with Crippen molar-refractivity contribution in [3.63, 3.8) is 0 Å². The van der Waals surface area contributed by atoms with Crippen molar-refractivity contribution in [1.82, 2.24) is 4.57 Å². The molecule has 0 aliphatic carbocycles. The van der Waals surface area contributed by atoms with Crippen LogP contribution in [0.4, 0.5) is 0 Å². The summed E-state index contributed by atoms with van der Waals surface area (Å²) < 4.78 is 3.39. The van der Waals surface area contributed by atoms with Gasteiger partial charge in [-0.2, -0.15) is 0 Å². The summed E-state index contributed by atoms with van der Waals surface area (Å²) >= 11 is 3.53. The number of aromatic nitrogens is 1. The molecule has 1 N–H and O–H groups in total. The molecule has 0 aliphatic heterocycles. The molecular formula is C15H14BrNO. The van der Waals surface area contributed by atoms with Crippen molar-refractivity contribution in [2.45, 2.75) is 20.1 Å². The molecule has 0 bridgehead atoms. The molecule has 92 valence electrons. The number of aliphatic hydroxyl groups excluding tert-OH is 1. The number of aryl methyl sites for hydroxylation is 1. The normalized spacial score (nSPS) is 11.5. The van der Waals surface area contributed by atoms with Gasteiger partial charge in [-0.15, -0.1) is 0 Å². The van der Waals surface area contributed by atoms with Crippen molar-refractivity contribution in [2.75, 3.05) is 0 Å². The Bertz CT molecular complexity index is 730. The van der Waals surface area contributed by atoms with Crippen molar-refractivity contribution in [1.29, 1.82) is 0 Å². The quantitative estimate of drug-likeness (QED) is 0.758. The predicted molar refractivity (Wildman–Crippen MR) is 78.7 cm³/mol. The largest absolute Gasteiger partial charge is 0.392 e. The third kappa shape index (κ3) is 1.66. The SMILES string of the molecule is CCn1c2ccc(CO)cc2c2ccc(Br)cc21. The zero-order valence-corrected chi connectivity index (χ0v) is 11.7. The molecule has 0 unspecified atom stereocenters. The van der Waals surface area contributed by atoms with Gasteiger partial charge in [-0.3, -0.25) is 0 Å². The first-order valence-corrected chi connectivity index (χ1v) is 6.85. The first-order chi connectivity index (χ1) is 8.74. The minimum absolute atomic E-state index is 0.0886. The van der Waals surface area contributed by atoms with Gasteiger partial charge in [-0.1, -0.05) is 28.1 Å². The van der Waals surface area contributed by atoms with E-state index in [1.54, 1.807) is 0 Å². The standard InChI is InChI=1S/C15H14BrNO/c1-2-17-14-6-3-10(9-18)7-13(14)12-5-4-11(16)8-15(12)17/h3-8,18H,2,9H2,1H3. The molecule has 0 fully saturated rings. The lowest BCUT2D eigenvalue weighted by atomic mass is 10.1. The van der Waals surface area contributed by atoms with Crippen molar-refractivity contribution < 1.29 is 5.11 Å². The number of nitrogens with zero attached hydrogens (tertiary/aromatic N) is 1. The average molecular weight is 304 g/mol. The van der Waals surface area contributed by atoms with Crippen molar-refractivity contribution >= 4 is 37.7 Å². The Morgan fingerprint density at radius 3 is 2.61 bits per heavy atom. The molecule has 3 heteroatoms. The van der Waals surface area contributed by atoms with Gasteiger partial charge >= 0.3 is 0 Å². The van der Waals surface area contributed by atoms with Crippen LogP contribution in [-0.4, -0.2) is 9.67 Å².